The first-order valence-corrected chi connectivity index (χ1v) is 5.97. The minimum Gasteiger partial charge on any atom is -0.207 e. The molecule has 0 saturated carbocycles. The van der Waals surface area contributed by atoms with E-state index in [4.69, 9.17) is 52.0 Å². The van der Waals surface area contributed by atoms with E-state index in [0.29, 0.717) is 5.69 Å². The molecule has 83 valence electrons. The zero-order chi connectivity index (χ0) is 16.4. The number of rotatable bonds is 5. The average Bonchev–Trinajstić information content (AvgIpc) is 2.39. The third-order valence-electron chi connectivity index (χ3n) is 2.52. The third-order valence-corrected chi connectivity index (χ3v) is 2.52. The van der Waals surface area contributed by atoms with Gasteiger partial charge in [0, 0.05) is 89.6 Å². The van der Waals surface area contributed by atoms with Gasteiger partial charge in [0.25, 0.3) is 0 Å². The van der Waals surface area contributed by atoms with Gasteiger partial charge in [-0.05, 0) is 17.7 Å². The topological polar surface area (TPSA) is 48.8 Å². The van der Waals surface area contributed by atoms with Gasteiger partial charge < -0.3 is 0 Å². The van der Waals surface area contributed by atoms with Gasteiger partial charge in [-0.15, -0.1) is 0 Å². The third kappa shape index (κ3) is 8.26. The fourth-order valence-corrected chi connectivity index (χ4v) is 1.49. The predicted octanol–water partition coefficient (Wildman–Crippen LogP) is -1.42. The highest BCUT2D eigenvalue weighted by molar-refractivity contribution is 8.01. The number of nitrogens with zero attached hydrogens (tertiary/aromatic N) is 3. The van der Waals surface area contributed by atoms with Gasteiger partial charge in [-0.3, -0.25) is 0 Å². The SMILES string of the molecule is [B][B]B([B])B(B([B])[B])B([B])[B].[N-]=[N+]=Nc1cccc(F)c1. The number of azide groups is 1. The van der Waals surface area contributed by atoms with E-state index >= 15 is 0 Å². The summed E-state index contributed by atoms with van der Waals surface area (Å²) >= 11 is 0. The summed E-state index contributed by atoms with van der Waals surface area (Å²) < 4.78 is 12.3. The fourth-order valence-electron chi connectivity index (χ4n) is 1.49. The lowest BCUT2D eigenvalue weighted by atomic mass is 8.56. The summed E-state index contributed by atoms with van der Waals surface area (Å²) in [5.41, 5.74) is 8.24. The highest BCUT2D eigenvalue weighted by Crippen LogP contribution is 2.12. The molecule has 0 atom stereocenters. The van der Waals surface area contributed by atoms with Crippen LogP contribution in [-0.4, -0.2) is 79.0 Å². The lowest BCUT2D eigenvalue weighted by Gasteiger charge is -2.25. The van der Waals surface area contributed by atoms with Gasteiger partial charge in [-0.1, -0.05) is 17.2 Å². The van der Waals surface area contributed by atoms with Gasteiger partial charge in [0.15, 0.2) is 0 Å². The van der Waals surface area contributed by atoms with Crippen molar-refractivity contribution in [3.63, 3.8) is 0 Å². The second kappa shape index (κ2) is 10.8. The minimum absolute atomic E-state index is 0.294. The maximum Gasteiger partial charge on any atom is 0.123 e. The molecule has 0 saturated heterocycles. The van der Waals surface area contributed by atoms with Crippen LogP contribution in [0.1, 0.15) is 0 Å². The van der Waals surface area contributed by atoms with Crippen molar-refractivity contribution in [2.45, 2.75) is 0 Å². The predicted molar refractivity (Wildman–Crippen MR) is 98.5 cm³/mol. The number of halogens is 1. The molecule has 13 radical (unpaired) electrons. The molecule has 0 N–H and O–H groups in total. The molecular formula is C6H4B11FN3. The van der Waals surface area contributed by atoms with Crippen LogP contribution in [0.4, 0.5) is 10.1 Å². The molecule has 0 spiro atoms. The molecule has 0 fully saturated rings. The Morgan fingerprint density at radius 1 is 1.14 bits per heavy atom. The molecule has 0 amide bonds. The molecule has 0 aliphatic heterocycles. The summed E-state index contributed by atoms with van der Waals surface area (Å²) in [6.45, 7) is 0. The zero-order valence-corrected chi connectivity index (χ0v) is 11.4. The molecule has 1 rings (SSSR count). The Hall–Kier alpha value is -0.826. The molecule has 3 nitrogen and oxygen atoms in total. The maximum atomic E-state index is 12.3. The summed E-state index contributed by atoms with van der Waals surface area (Å²) in [6, 6.07) is 5.47. The molecule has 1 aromatic rings. The standard InChI is InChI=1S/C6H4FN3.B11/c7-5-2-1-3-6(4-5)9-10-8;1-7-10(6)11(8(2)3)9(4)5/h1-4H;. The zero-order valence-electron chi connectivity index (χ0n) is 11.4. The van der Waals surface area contributed by atoms with Crippen molar-refractivity contribution in [1.82, 2.24) is 0 Å². The van der Waals surface area contributed by atoms with Crippen molar-refractivity contribution in [2.75, 3.05) is 0 Å². The van der Waals surface area contributed by atoms with Crippen molar-refractivity contribution >= 4 is 84.7 Å². The Balaban J connectivity index is 0.000000382. The Bertz CT molecular complexity index is 459. The van der Waals surface area contributed by atoms with Crippen LogP contribution in [0.3, 0.4) is 0 Å². The van der Waals surface area contributed by atoms with Crippen molar-refractivity contribution in [1.29, 1.82) is 0 Å². The van der Waals surface area contributed by atoms with Crippen LogP contribution in [0.2, 0.25) is 0 Å². The van der Waals surface area contributed by atoms with E-state index in [-0.39, 0.29) is 6.39 Å². The molecule has 21 heavy (non-hydrogen) atoms. The van der Waals surface area contributed by atoms with Gasteiger partial charge in [-0.2, -0.15) is 0 Å². The number of benzene rings is 1. The lowest BCUT2D eigenvalue weighted by Crippen LogP contribution is -2.63. The second-order valence-electron chi connectivity index (χ2n) is 4.17. The van der Waals surface area contributed by atoms with Crippen LogP contribution < -0.4 is 0 Å². The molecule has 0 unspecified atom stereocenters. The smallest absolute Gasteiger partial charge is 0.123 e. The van der Waals surface area contributed by atoms with Crippen molar-refractivity contribution in [2.24, 2.45) is 5.11 Å². The number of hydrogen-bond acceptors (Lipinski definition) is 1. The van der Waals surface area contributed by atoms with Crippen LogP contribution in [0.25, 0.3) is 10.4 Å². The average molecular weight is 256 g/mol. The Kier molecular flexibility index (Phi) is 10.4. The molecular weight excluding hydrogens is 252 g/mol. The normalized spacial score (nSPS) is 8.43. The molecule has 1 aromatic carbocycles. The summed E-state index contributed by atoms with van der Waals surface area (Å²) in [7, 11) is 33.5. The van der Waals surface area contributed by atoms with E-state index in [0.717, 1.165) is 0 Å². The summed E-state index contributed by atoms with van der Waals surface area (Å²) in [5, 5.41) is 3.21. The van der Waals surface area contributed by atoms with Crippen LogP contribution >= 0.6 is 0 Å². The van der Waals surface area contributed by atoms with Gasteiger partial charge in [0.05, 0.1) is 0 Å². The van der Waals surface area contributed by atoms with Crippen molar-refractivity contribution < 1.29 is 4.39 Å². The highest BCUT2D eigenvalue weighted by atomic mass is 19.1. The van der Waals surface area contributed by atoms with Crippen molar-refractivity contribution in [3.8, 4) is 0 Å². The fraction of sp³-hybridized carbons (Fsp3) is 0. The van der Waals surface area contributed by atoms with Crippen molar-refractivity contribution in [3.05, 3.63) is 40.5 Å². The highest BCUT2D eigenvalue weighted by Gasteiger charge is 2.26. The van der Waals surface area contributed by atoms with E-state index in [1.54, 1.807) is 0 Å². The number of hydrogen-bond donors (Lipinski definition) is 0. The summed E-state index contributed by atoms with van der Waals surface area (Å²) in [4.78, 5) is 2.51. The van der Waals surface area contributed by atoms with E-state index in [1.165, 1.54) is 31.3 Å². The summed E-state index contributed by atoms with van der Waals surface area (Å²) in [5.74, 6) is -0.398. The van der Waals surface area contributed by atoms with Crippen LogP contribution in [0, 0.1) is 5.82 Å². The monoisotopic (exact) mass is 258 g/mol. The van der Waals surface area contributed by atoms with Crippen LogP contribution in [0.15, 0.2) is 29.4 Å². The molecule has 0 aliphatic rings. The van der Waals surface area contributed by atoms with Gasteiger partial charge in [-0.25, -0.2) is 4.39 Å². The van der Waals surface area contributed by atoms with Crippen LogP contribution in [-0.2, 0) is 0 Å². The molecule has 0 bridgehead atoms. The van der Waals surface area contributed by atoms with E-state index in [9.17, 15) is 4.39 Å². The maximum absolute atomic E-state index is 12.3. The quantitative estimate of drug-likeness (QED) is 0.269. The van der Waals surface area contributed by atoms with Gasteiger partial charge in [0.2, 0.25) is 0 Å². The molecule has 15 heteroatoms. The first-order valence-electron chi connectivity index (χ1n) is 5.97. The Morgan fingerprint density at radius 2 is 1.71 bits per heavy atom. The van der Waals surface area contributed by atoms with Crippen LogP contribution in [0.5, 0.6) is 0 Å². The lowest BCUT2D eigenvalue weighted by molar-refractivity contribution is 0.628. The molecule has 0 aliphatic carbocycles. The largest absolute Gasteiger partial charge is 0.207 e. The van der Waals surface area contributed by atoms with Gasteiger partial charge in [0.1, 0.15) is 5.82 Å². The van der Waals surface area contributed by atoms with E-state index in [1.807, 2.05) is 0 Å². The van der Waals surface area contributed by atoms with Gasteiger partial charge >= 0.3 is 0 Å². The first kappa shape index (κ1) is 20.2. The molecule has 0 aromatic heterocycles. The van der Waals surface area contributed by atoms with E-state index < -0.39 is 25.0 Å². The minimum atomic E-state index is -0.648. The Labute approximate surface area is 135 Å². The van der Waals surface area contributed by atoms with E-state index in [2.05, 4.69) is 10.0 Å². The first-order chi connectivity index (χ1) is 9.83. The summed E-state index contributed by atoms with van der Waals surface area (Å²) in [6.07, 6.45) is -2.15. The second-order valence-corrected chi connectivity index (χ2v) is 4.17. The Morgan fingerprint density at radius 3 is 2.05 bits per heavy atom. The molecule has 0 heterocycles.